The number of nitrogens with zero attached hydrogens (tertiary/aromatic N) is 1. The Hall–Kier alpha value is -1.68. The van der Waals surface area contributed by atoms with Gasteiger partial charge in [0.05, 0.1) is 5.69 Å². The Morgan fingerprint density at radius 3 is 2.52 bits per heavy atom. The van der Waals surface area contributed by atoms with Crippen LogP contribution in [0.1, 0.15) is 69.4 Å². The van der Waals surface area contributed by atoms with Crippen molar-refractivity contribution >= 4 is 22.4 Å². The van der Waals surface area contributed by atoms with Crippen LogP contribution in [0.15, 0.2) is 23.6 Å². The van der Waals surface area contributed by atoms with Gasteiger partial charge in [0.15, 0.2) is 5.13 Å². The van der Waals surface area contributed by atoms with Crippen molar-refractivity contribution in [2.45, 2.75) is 72.1 Å². The Kier molecular flexibility index (Phi) is 8.13. The Labute approximate surface area is 155 Å². The Morgan fingerprint density at radius 1 is 1.08 bits per heavy atom. The zero-order valence-electron chi connectivity index (χ0n) is 15.7. The fourth-order valence-corrected chi connectivity index (χ4v) is 3.71. The number of carbonyl (C=O) groups excluding carboxylic acids is 1. The summed E-state index contributed by atoms with van der Waals surface area (Å²) in [6, 6.07) is 6.36. The fraction of sp³-hybridized carbons (Fsp3) is 0.524. The molecule has 1 N–H and O–H groups in total. The monoisotopic (exact) mass is 358 g/mol. The average molecular weight is 359 g/mol. The average Bonchev–Trinajstić information content (AvgIpc) is 3.02. The number of unbranched alkanes of at least 4 members (excludes halogenated alkanes) is 6. The topological polar surface area (TPSA) is 42.0 Å². The van der Waals surface area contributed by atoms with Crippen LogP contribution in [0.5, 0.6) is 0 Å². The summed E-state index contributed by atoms with van der Waals surface area (Å²) in [4.78, 5) is 16.6. The molecule has 0 aliphatic heterocycles. The van der Waals surface area contributed by atoms with Crippen molar-refractivity contribution in [3.05, 3.63) is 34.7 Å². The maximum absolute atomic E-state index is 12.1. The molecule has 1 amide bonds. The molecule has 136 valence electrons. The summed E-state index contributed by atoms with van der Waals surface area (Å²) in [5, 5.41) is 5.65. The number of rotatable bonds is 10. The standard InChI is InChI=1S/C21H30N2OS/c1-4-5-6-7-8-9-10-11-20(24)23-21-22-19(15-25-21)18-13-12-16(2)14-17(18)3/h12-15H,4-11H2,1-3H3,(H,22,23,24). The summed E-state index contributed by atoms with van der Waals surface area (Å²) in [6.45, 7) is 6.42. The van der Waals surface area contributed by atoms with Gasteiger partial charge >= 0.3 is 0 Å². The molecule has 2 rings (SSSR count). The van der Waals surface area contributed by atoms with Gasteiger partial charge in [0.1, 0.15) is 0 Å². The highest BCUT2D eigenvalue weighted by molar-refractivity contribution is 7.14. The minimum Gasteiger partial charge on any atom is -0.302 e. The van der Waals surface area contributed by atoms with Gasteiger partial charge in [0.2, 0.25) is 5.91 Å². The summed E-state index contributed by atoms with van der Waals surface area (Å²) >= 11 is 1.50. The first-order valence-corrected chi connectivity index (χ1v) is 10.3. The largest absolute Gasteiger partial charge is 0.302 e. The highest BCUT2D eigenvalue weighted by atomic mass is 32.1. The van der Waals surface area contributed by atoms with E-state index in [2.05, 4.69) is 49.3 Å². The van der Waals surface area contributed by atoms with Crippen LogP contribution in [0, 0.1) is 13.8 Å². The molecule has 0 saturated heterocycles. The molecule has 0 spiro atoms. The molecule has 1 aromatic carbocycles. The van der Waals surface area contributed by atoms with Gasteiger partial charge in [-0.15, -0.1) is 11.3 Å². The van der Waals surface area contributed by atoms with Crippen molar-refractivity contribution in [2.75, 3.05) is 5.32 Å². The lowest BCUT2D eigenvalue weighted by atomic mass is 10.0. The molecule has 0 bridgehead atoms. The number of hydrogen-bond donors (Lipinski definition) is 1. The molecule has 1 heterocycles. The van der Waals surface area contributed by atoms with E-state index in [1.54, 1.807) is 0 Å². The molecular weight excluding hydrogens is 328 g/mol. The van der Waals surface area contributed by atoms with Crippen molar-refractivity contribution in [2.24, 2.45) is 0 Å². The molecular formula is C21H30N2OS. The van der Waals surface area contributed by atoms with E-state index in [9.17, 15) is 4.79 Å². The Balaban J connectivity index is 1.76. The van der Waals surface area contributed by atoms with Gasteiger partial charge in [-0.25, -0.2) is 4.98 Å². The summed E-state index contributed by atoms with van der Waals surface area (Å²) in [5.74, 6) is 0.0788. The molecule has 2 aromatic rings. The summed E-state index contributed by atoms with van der Waals surface area (Å²) in [5.41, 5.74) is 4.54. The van der Waals surface area contributed by atoms with Crippen molar-refractivity contribution in [3.63, 3.8) is 0 Å². The third-order valence-corrected chi connectivity index (χ3v) is 5.17. The van der Waals surface area contributed by atoms with E-state index in [0.29, 0.717) is 11.6 Å². The number of carbonyl (C=O) groups is 1. The van der Waals surface area contributed by atoms with E-state index in [4.69, 9.17) is 0 Å². The van der Waals surface area contributed by atoms with E-state index in [0.717, 1.165) is 24.1 Å². The molecule has 25 heavy (non-hydrogen) atoms. The smallest absolute Gasteiger partial charge is 0.226 e. The number of amides is 1. The van der Waals surface area contributed by atoms with E-state index >= 15 is 0 Å². The highest BCUT2D eigenvalue weighted by Gasteiger charge is 2.09. The molecule has 0 aliphatic carbocycles. The maximum atomic E-state index is 12.1. The lowest BCUT2D eigenvalue weighted by Crippen LogP contribution is -2.10. The second-order valence-corrected chi connectivity index (χ2v) is 7.63. The number of benzene rings is 1. The van der Waals surface area contributed by atoms with E-state index in [-0.39, 0.29) is 5.91 Å². The van der Waals surface area contributed by atoms with Crippen LogP contribution in [0.3, 0.4) is 0 Å². The lowest BCUT2D eigenvalue weighted by molar-refractivity contribution is -0.116. The van der Waals surface area contributed by atoms with Gasteiger partial charge in [-0.05, 0) is 25.8 Å². The van der Waals surface area contributed by atoms with Crippen LogP contribution in [-0.2, 0) is 4.79 Å². The van der Waals surface area contributed by atoms with Crippen LogP contribution in [0.2, 0.25) is 0 Å². The molecule has 0 unspecified atom stereocenters. The van der Waals surface area contributed by atoms with Crippen molar-refractivity contribution in [1.29, 1.82) is 0 Å². The highest BCUT2D eigenvalue weighted by Crippen LogP contribution is 2.28. The van der Waals surface area contributed by atoms with Gasteiger partial charge in [0.25, 0.3) is 0 Å². The van der Waals surface area contributed by atoms with Crippen molar-refractivity contribution < 1.29 is 4.79 Å². The maximum Gasteiger partial charge on any atom is 0.226 e. The van der Waals surface area contributed by atoms with Crippen molar-refractivity contribution in [3.8, 4) is 11.3 Å². The molecule has 4 heteroatoms. The van der Waals surface area contributed by atoms with Crippen LogP contribution in [-0.4, -0.2) is 10.9 Å². The number of hydrogen-bond acceptors (Lipinski definition) is 3. The van der Waals surface area contributed by atoms with Gasteiger partial charge in [-0.1, -0.05) is 69.2 Å². The van der Waals surface area contributed by atoms with Crippen LogP contribution in [0.25, 0.3) is 11.3 Å². The van der Waals surface area contributed by atoms with E-state index < -0.39 is 0 Å². The summed E-state index contributed by atoms with van der Waals surface area (Å²) in [6.07, 6.45) is 9.15. The van der Waals surface area contributed by atoms with Gasteiger partial charge < -0.3 is 5.32 Å². The minimum atomic E-state index is 0.0788. The Morgan fingerprint density at radius 2 is 1.80 bits per heavy atom. The third kappa shape index (κ3) is 6.62. The molecule has 0 saturated carbocycles. The molecule has 0 aliphatic rings. The SMILES string of the molecule is CCCCCCCCCC(=O)Nc1nc(-c2ccc(C)cc2C)cs1. The Bertz CT molecular complexity index is 678. The molecule has 0 atom stereocenters. The third-order valence-electron chi connectivity index (χ3n) is 4.42. The quantitative estimate of drug-likeness (QED) is 0.492. The van der Waals surface area contributed by atoms with Gasteiger partial charge in [-0.2, -0.15) is 0 Å². The predicted octanol–water partition coefficient (Wildman–Crippen LogP) is 6.51. The zero-order valence-corrected chi connectivity index (χ0v) is 16.5. The lowest BCUT2D eigenvalue weighted by Gasteiger charge is -2.04. The molecule has 0 radical (unpaired) electrons. The van der Waals surface area contributed by atoms with E-state index in [1.165, 1.54) is 54.6 Å². The first-order chi connectivity index (χ1) is 12.1. The second kappa shape index (κ2) is 10.3. The van der Waals surface area contributed by atoms with Crippen LogP contribution in [0.4, 0.5) is 5.13 Å². The number of aryl methyl sites for hydroxylation is 2. The van der Waals surface area contributed by atoms with E-state index in [1.807, 2.05) is 5.38 Å². The first kappa shape index (κ1) is 19.6. The number of thiazole rings is 1. The summed E-state index contributed by atoms with van der Waals surface area (Å²) in [7, 11) is 0. The molecule has 3 nitrogen and oxygen atoms in total. The van der Waals surface area contributed by atoms with Crippen LogP contribution >= 0.6 is 11.3 Å². The molecule has 0 fully saturated rings. The normalized spacial score (nSPS) is 10.8. The number of aromatic nitrogens is 1. The summed E-state index contributed by atoms with van der Waals surface area (Å²) < 4.78 is 0. The number of nitrogens with one attached hydrogen (secondary N) is 1. The fourth-order valence-electron chi connectivity index (χ4n) is 2.98. The minimum absolute atomic E-state index is 0.0788. The van der Waals surface area contributed by atoms with Crippen LogP contribution < -0.4 is 5.32 Å². The van der Waals surface area contributed by atoms with Crippen molar-refractivity contribution in [1.82, 2.24) is 4.98 Å². The number of anilines is 1. The first-order valence-electron chi connectivity index (χ1n) is 9.43. The zero-order chi connectivity index (χ0) is 18.1. The predicted molar refractivity (Wildman–Crippen MR) is 108 cm³/mol. The molecule has 1 aromatic heterocycles. The van der Waals surface area contributed by atoms with Gasteiger partial charge in [0, 0.05) is 17.4 Å². The van der Waals surface area contributed by atoms with Gasteiger partial charge in [-0.3, -0.25) is 4.79 Å². The second-order valence-electron chi connectivity index (χ2n) is 6.78.